The highest BCUT2D eigenvalue weighted by Crippen LogP contribution is 2.51. The number of hydrogen-bond acceptors (Lipinski definition) is 5. The topological polar surface area (TPSA) is 77.5 Å². The van der Waals surface area contributed by atoms with Crippen LogP contribution in [0.25, 0.3) is 0 Å². The predicted octanol–water partition coefficient (Wildman–Crippen LogP) is 1.37. The smallest absolute Gasteiger partial charge is 0.339 e. The number of aromatic nitrogens is 1. The summed E-state index contributed by atoms with van der Waals surface area (Å²) in [5.74, 6) is -4.15. The van der Waals surface area contributed by atoms with E-state index < -0.39 is 36.2 Å². The zero-order valence-electron chi connectivity index (χ0n) is 10.4. The maximum Gasteiger partial charge on any atom is 0.339 e. The van der Waals surface area contributed by atoms with Crippen molar-refractivity contribution >= 4 is 17.6 Å². The SMILES string of the molecule is COC(=O)c1cnc2c(c1)NC(=O)C1(CC(F)(F)C1)O2. The van der Waals surface area contributed by atoms with E-state index in [9.17, 15) is 18.4 Å². The fourth-order valence-electron chi connectivity index (χ4n) is 2.34. The van der Waals surface area contributed by atoms with Crippen molar-refractivity contribution in [3.05, 3.63) is 17.8 Å². The van der Waals surface area contributed by atoms with E-state index in [0.29, 0.717) is 0 Å². The van der Waals surface area contributed by atoms with Crippen LogP contribution in [0.15, 0.2) is 12.3 Å². The summed E-state index contributed by atoms with van der Waals surface area (Å²) in [5.41, 5.74) is -1.26. The van der Waals surface area contributed by atoms with Crippen molar-refractivity contribution in [1.82, 2.24) is 4.98 Å². The summed E-state index contributed by atoms with van der Waals surface area (Å²) < 4.78 is 35.8. The second-order valence-corrected chi connectivity index (χ2v) is 4.83. The molecular weight excluding hydrogens is 274 g/mol. The quantitative estimate of drug-likeness (QED) is 0.788. The van der Waals surface area contributed by atoms with Crippen LogP contribution in [0, 0.1) is 0 Å². The fraction of sp³-hybridized carbons (Fsp3) is 0.417. The number of carbonyl (C=O) groups is 2. The van der Waals surface area contributed by atoms with Gasteiger partial charge in [0.2, 0.25) is 11.5 Å². The fourth-order valence-corrected chi connectivity index (χ4v) is 2.34. The van der Waals surface area contributed by atoms with Gasteiger partial charge in [-0.2, -0.15) is 0 Å². The Kier molecular flexibility index (Phi) is 2.47. The third kappa shape index (κ3) is 1.79. The predicted molar refractivity (Wildman–Crippen MR) is 61.7 cm³/mol. The van der Waals surface area contributed by atoms with Crippen LogP contribution >= 0.6 is 0 Å². The number of rotatable bonds is 1. The molecule has 0 bridgehead atoms. The lowest BCUT2D eigenvalue weighted by molar-refractivity contribution is -0.197. The molecule has 0 radical (unpaired) electrons. The van der Waals surface area contributed by atoms with Crippen LogP contribution in [-0.2, 0) is 9.53 Å². The normalized spacial score (nSPS) is 21.2. The van der Waals surface area contributed by atoms with Gasteiger partial charge in [-0.25, -0.2) is 18.6 Å². The van der Waals surface area contributed by atoms with Crippen molar-refractivity contribution in [3.8, 4) is 5.88 Å². The average molecular weight is 284 g/mol. The number of ether oxygens (including phenoxy) is 2. The number of carbonyl (C=O) groups excluding carboxylic acids is 2. The van der Waals surface area contributed by atoms with Crippen LogP contribution in [0.2, 0.25) is 0 Å². The van der Waals surface area contributed by atoms with E-state index in [2.05, 4.69) is 15.0 Å². The second-order valence-electron chi connectivity index (χ2n) is 4.83. The van der Waals surface area contributed by atoms with Gasteiger partial charge in [-0.05, 0) is 6.07 Å². The van der Waals surface area contributed by atoms with Crippen molar-refractivity contribution < 1.29 is 27.8 Å². The number of hydrogen-bond donors (Lipinski definition) is 1. The Bertz CT molecular complexity index is 609. The molecule has 8 heteroatoms. The van der Waals surface area contributed by atoms with Gasteiger partial charge >= 0.3 is 5.97 Å². The molecule has 1 saturated carbocycles. The Hall–Kier alpha value is -2.25. The third-order valence-electron chi connectivity index (χ3n) is 3.31. The second kappa shape index (κ2) is 3.87. The monoisotopic (exact) mass is 284 g/mol. The molecular formula is C12H10F2N2O4. The molecule has 1 aromatic rings. The molecule has 1 amide bonds. The first-order valence-electron chi connectivity index (χ1n) is 5.82. The third-order valence-corrected chi connectivity index (χ3v) is 3.31. The molecule has 2 aliphatic rings. The lowest BCUT2D eigenvalue weighted by atomic mass is 9.75. The van der Waals surface area contributed by atoms with Crippen LogP contribution < -0.4 is 10.1 Å². The molecule has 0 atom stereocenters. The summed E-state index contributed by atoms with van der Waals surface area (Å²) >= 11 is 0. The molecule has 6 nitrogen and oxygen atoms in total. The molecule has 1 spiro atoms. The Labute approximate surface area is 112 Å². The number of halogens is 2. The Balaban J connectivity index is 1.90. The molecule has 1 aliphatic heterocycles. The van der Waals surface area contributed by atoms with Gasteiger partial charge in [0.15, 0.2) is 0 Å². The average Bonchev–Trinajstić information content (AvgIpc) is 2.36. The number of anilines is 1. The van der Waals surface area contributed by atoms with Crippen molar-refractivity contribution in [2.45, 2.75) is 24.4 Å². The van der Waals surface area contributed by atoms with Crippen molar-refractivity contribution in [1.29, 1.82) is 0 Å². The molecule has 1 aliphatic carbocycles. The number of fused-ring (bicyclic) bond motifs is 1. The van der Waals surface area contributed by atoms with Gasteiger partial charge in [0.25, 0.3) is 11.8 Å². The van der Waals surface area contributed by atoms with E-state index in [1.54, 1.807) is 0 Å². The van der Waals surface area contributed by atoms with E-state index in [1.807, 2.05) is 0 Å². The van der Waals surface area contributed by atoms with E-state index in [1.165, 1.54) is 19.4 Å². The highest BCUT2D eigenvalue weighted by Gasteiger charge is 2.64. The van der Waals surface area contributed by atoms with Crippen LogP contribution in [0.5, 0.6) is 5.88 Å². The van der Waals surface area contributed by atoms with E-state index >= 15 is 0 Å². The zero-order chi connectivity index (χ0) is 14.5. The van der Waals surface area contributed by atoms with Gasteiger partial charge in [0.05, 0.1) is 25.5 Å². The Morgan fingerprint density at radius 2 is 2.20 bits per heavy atom. The van der Waals surface area contributed by atoms with Gasteiger partial charge < -0.3 is 14.8 Å². The van der Waals surface area contributed by atoms with Crippen molar-refractivity contribution in [2.75, 3.05) is 12.4 Å². The maximum atomic E-state index is 13.0. The van der Waals surface area contributed by atoms with Crippen LogP contribution in [-0.4, -0.2) is 35.5 Å². The Morgan fingerprint density at radius 3 is 2.80 bits per heavy atom. The molecule has 2 heterocycles. The van der Waals surface area contributed by atoms with Gasteiger partial charge in [0, 0.05) is 6.20 Å². The van der Waals surface area contributed by atoms with E-state index in [-0.39, 0.29) is 17.1 Å². The molecule has 1 fully saturated rings. The van der Waals surface area contributed by atoms with Gasteiger partial charge in [-0.15, -0.1) is 0 Å². The lowest BCUT2D eigenvalue weighted by Gasteiger charge is -2.46. The minimum atomic E-state index is -2.90. The number of methoxy groups -OCH3 is 1. The summed E-state index contributed by atoms with van der Waals surface area (Å²) in [4.78, 5) is 27.1. The molecule has 1 aromatic heterocycles. The summed E-state index contributed by atoms with van der Waals surface area (Å²) in [5, 5.41) is 2.44. The number of alkyl halides is 2. The van der Waals surface area contributed by atoms with Gasteiger partial charge in [-0.3, -0.25) is 4.79 Å². The molecule has 0 unspecified atom stereocenters. The molecule has 3 rings (SSSR count). The van der Waals surface area contributed by atoms with E-state index in [4.69, 9.17) is 4.74 Å². The summed E-state index contributed by atoms with van der Waals surface area (Å²) in [6.45, 7) is 0. The molecule has 20 heavy (non-hydrogen) atoms. The summed E-state index contributed by atoms with van der Waals surface area (Å²) in [6, 6.07) is 1.33. The Morgan fingerprint density at radius 1 is 1.50 bits per heavy atom. The summed E-state index contributed by atoms with van der Waals surface area (Å²) in [7, 11) is 1.21. The first-order valence-corrected chi connectivity index (χ1v) is 5.82. The highest BCUT2D eigenvalue weighted by molar-refractivity contribution is 6.02. The van der Waals surface area contributed by atoms with Crippen molar-refractivity contribution in [2.24, 2.45) is 0 Å². The van der Waals surface area contributed by atoms with Crippen LogP contribution in [0.1, 0.15) is 23.2 Å². The highest BCUT2D eigenvalue weighted by atomic mass is 19.3. The van der Waals surface area contributed by atoms with Gasteiger partial charge in [0.1, 0.15) is 5.69 Å². The zero-order valence-corrected chi connectivity index (χ0v) is 10.4. The first kappa shape index (κ1) is 12.8. The number of pyridine rings is 1. The van der Waals surface area contributed by atoms with Gasteiger partial charge in [-0.1, -0.05) is 0 Å². The minimum Gasteiger partial charge on any atom is -0.465 e. The first-order chi connectivity index (χ1) is 9.35. The molecule has 1 N–H and O–H groups in total. The number of amides is 1. The number of nitrogens with one attached hydrogen (secondary N) is 1. The largest absolute Gasteiger partial charge is 0.465 e. The molecule has 0 aromatic carbocycles. The maximum absolute atomic E-state index is 13.0. The molecule has 106 valence electrons. The van der Waals surface area contributed by atoms with E-state index in [0.717, 1.165) is 0 Å². The van der Waals surface area contributed by atoms with Crippen LogP contribution in [0.4, 0.5) is 14.5 Å². The lowest BCUT2D eigenvalue weighted by Crippen LogP contribution is -2.64. The van der Waals surface area contributed by atoms with Crippen molar-refractivity contribution in [3.63, 3.8) is 0 Å². The summed E-state index contributed by atoms with van der Waals surface area (Å²) in [6.07, 6.45) is -0.149. The minimum absolute atomic E-state index is 0.0211. The molecule has 0 saturated heterocycles. The standard InChI is InChI=1S/C12H10F2N2O4/c1-19-9(17)6-2-7-8(15-3-6)20-11(10(18)16-7)4-12(13,14)5-11/h2-3H,4-5H2,1H3,(H,16,18). The van der Waals surface area contributed by atoms with Crippen LogP contribution in [0.3, 0.4) is 0 Å². The number of esters is 1. The number of nitrogens with zero attached hydrogens (tertiary/aromatic N) is 1.